The van der Waals surface area contributed by atoms with E-state index in [0.717, 1.165) is 42.4 Å². The molecule has 178 valence electrons. The summed E-state index contributed by atoms with van der Waals surface area (Å²) >= 11 is 0. The highest BCUT2D eigenvalue weighted by atomic mass is 19.4. The summed E-state index contributed by atoms with van der Waals surface area (Å²) in [6.45, 7) is 7.85. The van der Waals surface area contributed by atoms with Crippen LogP contribution in [0, 0.1) is 18.8 Å². The summed E-state index contributed by atoms with van der Waals surface area (Å²) in [7, 11) is 0. The summed E-state index contributed by atoms with van der Waals surface area (Å²) in [6, 6.07) is 13.9. The lowest BCUT2D eigenvalue weighted by atomic mass is 9.71. The molecule has 0 saturated carbocycles. The lowest BCUT2D eigenvalue weighted by Gasteiger charge is -2.58. The molecule has 6 heteroatoms. The lowest BCUT2D eigenvalue weighted by Crippen LogP contribution is -2.67. The molecular weight excluding hydrogens is 437 g/mol. The minimum absolute atomic E-state index is 0.101. The van der Waals surface area contributed by atoms with Gasteiger partial charge in [-0.1, -0.05) is 35.9 Å². The smallest absolute Gasteiger partial charge is 0.382 e. The fourth-order valence-electron chi connectivity index (χ4n) is 6.45. The first-order valence-electron chi connectivity index (χ1n) is 11.9. The fourth-order valence-corrected chi connectivity index (χ4v) is 6.45. The highest BCUT2D eigenvalue weighted by Crippen LogP contribution is 2.48. The molecule has 34 heavy (non-hydrogen) atoms. The Morgan fingerprint density at radius 3 is 2.76 bits per heavy atom. The van der Waals surface area contributed by atoms with Gasteiger partial charge in [-0.25, -0.2) is 0 Å². The largest absolute Gasteiger partial charge is 0.416 e. The number of benzene rings is 2. The van der Waals surface area contributed by atoms with Gasteiger partial charge in [0.25, 0.3) is 0 Å². The molecule has 3 saturated heterocycles. The van der Waals surface area contributed by atoms with Gasteiger partial charge in [0.2, 0.25) is 0 Å². The lowest BCUT2D eigenvalue weighted by molar-refractivity contribution is -0.984. The van der Waals surface area contributed by atoms with Crippen molar-refractivity contribution in [3.63, 3.8) is 0 Å². The number of aromatic nitrogens is 1. The molecule has 0 aliphatic carbocycles. The van der Waals surface area contributed by atoms with Gasteiger partial charge in [0, 0.05) is 35.9 Å². The van der Waals surface area contributed by atoms with Crippen LogP contribution in [0.25, 0.3) is 10.9 Å². The van der Waals surface area contributed by atoms with E-state index in [0.29, 0.717) is 34.0 Å². The Kier molecular flexibility index (Phi) is 5.77. The van der Waals surface area contributed by atoms with Crippen molar-refractivity contribution in [2.24, 2.45) is 11.8 Å². The van der Waals surface area contributed by atoms with Gasteiger partial charge in [-0.3, -0.25) is 4.98 Å². The highest BCUT2D eigenvalue weighted by Gasteiger charge is 2.54. The summed E-state index contributed by atoms with van der Waals surface area (Å²) in [4.78, 5) is 4.43. The van der Waals surface area contributed by atoms with E-state index in [4.69, 9.17) is 0 Å². The highest BCUT2D eigenvalue weighted by molar-refractivity contribution is 5.82. The predicted octanol–water partition coefficient (Wildman–Crippen LogP) is 6.21. The van der Waals surface area contributed by atoms with E-state index in [1.54, 1.807) is 13.1 Å². The second-order valence-electron chi connectivity index (χ2n) is 10.1. The standard InChI is InChI=1S/C28H30F3N2O/c1-3-20-17-33(16-19-12-18(2)13-22(14-19)28(29,30)31)11-9-21(20)15-26(33)27(34)24-8-10-32-25-7-5-4-6-23(24)25/h3-8,10,12-14,20-21,26-27,34H,1,9,11,15-17H2,2H3/q+1. The van der Waals surface area contributed by atoms with E-state index in [1.807, 2.05) is 42.5 Å². The van der Waals surface area contributed by atoms with Gasteiger partial charge in [-0.05, 0) is 42.7 Å². The maximum absolute atomic E-state index is 13.5. The van der Waals surface area contributed by atoms with Crippen molar-refractivity contribution in [1.82, 2.24) is 4.98 Å². The topological polar surface area (TPSA) is 33.1 Å². The van der Waals surface area contributed by atoms with Crippen LogP contribution in [0.5, 0.6) is 0 Å². The average molecular weight is 468 g/mol. The Balaban J connectivity index is 1.56. The Labute approximate surface area is 198 Å². The fraction of sp³-hybridized carbons (Fsp3) is 0.393. The van der Waals surface area contributed by atoms with Crippen LogP contribution in [0.1, 0.15) is 41.2 Å². The van der Waals surface area contributed by atoms with Gasteiger partial charge in [0.1, 0.15) is 18.7 Å². The molecule has 2 bridgehead atoms. The molecule has 3 aliphatic heterocycles. The Bertz CT molecular complexity index is 1220. The SMILES string of the molecule is C=CC1C[N+]2(Cc3cc(C)cc(C(F)(F)F)c3)CCC1CC2C(O)c1ccnc2ccccc12. The Hall–Kier alpha value is -2.70. The van der Waals surface area contributed by atoms with Gasteiger partial charge in [0.15, 0.2) is 0 Å². The van der Waals surface area contributed by atoms with Gasteiger partial charge in [0.05, 0.1) is 24.2 Å². The number of pyridine rings is 1. The van der Waals surface area contributed by atoms with Gasteiger partial charge >= 0.3 is 6.18 Å². The maximum Gasteiger partial charge on any atom is 0.416 e. The van der Waals surface area contributed by atoms with Crippen molar-refractivity contribution < 1.29 is 22.8 Å². The number of alkyl halides is 3. The van der Waals surface area contributed by atoms with Gasteiger partial charge < -0.3 is 9.59 Å². The number of nitrogens with zero attached hydrogens (tertiary/aromatic N) is 2. The van der Waals surface area contributed by atoms with Gasteiger partial charge in [-0.15, -0.1) is 6.58 Å². The number of para-hydroxylation sites is 1. The molecule has 3 nitrogen and oxygen atoms in total. The summed E-state index contributed by atoms with van der Waals surface area (Å²) in [5.41, 5.74) is 2.35. The van der Waals surface area contributed by atoms with Gasteiger partial charge in [-0.2, -0.15) is 13.2 Å². The van der Waals surface area contributed by atoms with Crippen molar-refractivity contribution in [2.45, 2.75) is 44.6 Å². The molecule has 6 rings (SSSR count). The monoisotopic (exact) mass is 467 g/mol. The van der Waals surface area contributed by atoms with Crippen molar-refractivity contribution in [2.75, 3.05) is 13.1 Å². The number of halogens is 3. The second kappa shape index (κ2) is 8.51. The van der Waals surface area contributed by atoms with Crippen LogP contribution in [-0.2, 0) is 12.7 Å². The number of piperidine rings is 3. The van der Waals surface area contributed by atoms with E-state index < -0.39 is 17.8 Å². The molecular formula is C28H30F3N2O+. The van der Waals surface area contributed by atoms with Crippen LogP contribution in [-0.4, -0.2) is 33.7 Å². The van der Waals surface area contributed by atoms with E-state index >= 15 is 0 Å². The first kappa shape index (κ1) is 23.1. The third-order valence-electron chi connectivity index (χ3n) is 8.00. The maximum atomic E-state index is 13.5. The number of quaternary nitrogens is 1. The molecule has 1 aromatic heterocycles. The van der Waals surface area contributed by atoms with E-state index in [9.17, 15) is 18.3 Å². The average Bonchev–Trinajstić information content (AvgIpc) is 2.82. The van der Waals surface area contributed by atoms with E-state index in [2.05, 4.69) is 11.6 Å². The number of hydrogen-bond donors (Lipinski definition) is 1. The number of hydrogen-bond acceptors (Lipinski definition) is 2. The Morgan fingerprint density at radius 1 is 1.21 bits per heavy atom. The normalized spacial score (nSPS) is 27.6. The van der Waals surface area contributed by atoms with Crippen LogP contribution in [0.4, 0.5) is 13.2 Å². The van der Waals surface area contributed by atoms with Crippen molar-refractivity contribution >= 4 is 10.9 Å². The molecule has 5 atom stereocenters. The first-order valence-corrected chi connectivity index (χ1v) is 11.9. The molecule has 1 N–H and O–H groups in total. The molecule has 2 aromatic carbocycles. The first-order chi connectivity index (χ1) is 16.2. The number of fused-ring (bicyclic) bond motifs is 4. The molecule has 0 radical (unpaired) electrons. The second-order valence-corrected chi connectivity index (χ2v) is 10.1. The van der Waals surface area contributed by atoms with Crippen molar-refractivity contribution in [1.29, 1.82) is 0 Å². The minimum atomic E-state index is -4.38. The van der Waals surface area contributed by atoms with Crippen LogP contribution in [0.3, 0.4) is 0 Å². The number of aliphatic hydroxyl groups is 1. The molecule has 3 fully saturated rings. The zero-order valence-electron chi connectivity index (χ0n) is 19.3. The molecule has 0 amide bonds. The summed E-state index contributed by atoms with van der Waals surface area (Å²) in [5, 5.41) is 12.7. The number of aliphatic hydroxyl groups excluding tert-OH is 1. The van der Waals surface area contributed by atoms with Crippen LogP contribution >= 0.6 is 0 Å². The zero-order chi connectivity index (χ0) is 24.1. The van der Waals surface area contributed by atoms with E-state index in [-0.39, 0.29) is 6.04 Å². The van der Waals surface area contributed by atoms with E-state index in [1.165, 1.54) is 12.1 Å². The van der Waals surface area contributed by atoms with Crippen molar-refractivity contribution in [3.05, 3.63) is 89.6 Å². The minimum Gasteiger partial charge on any atom is -0.382 e. The van der Waals surface area contributed by atoms with Crippen LogP contribution < -0.4 is 0 Å². The Morgan fingerprint density at radius 2 is 2.00 bits per heavy atom. The van der Waals surface area contributed by atoms with Crippen LogP contribution in [0.2, 0.25) is 0 Å². The summed E-state index contributed by atoms with van der Waals surface area (Å²) < 4.78 is 41.2. The zero-order valence-corrected chi connectivity index (χ0v) is 19.3. The number of aryl methyl sites for hydroxylation is 1. The number of rotatable bonds is 5. The molecule has 3 aliphatic rings. The summed E-state index contributed by atoms with van der Waals surface area (Å²) in [6.07, 6.45) is 0.437. The third kappa shape index (κ3) is 4.03. The third-order valence-corrected chi connectivity index (χ3v) is 8.00. The van der Waals surface area contributed by atoms with Crippen LogP contribution in [0.15, 0.2) is 67.4 Å². The molecule has 5 unspecified atom stereocenters. The van der Waals surface area contributed by atoms with Crippen molar-refractivity contribution in [3.8, 4) is 0 Å². The quantitative estimate of drug-likeness (QED) is 0.358. The molecule has 3 aromatic rings. The molecule has 4 heterocycles. The molecule has 0 spiro atoms. The predicted molar refractivity (Wildman–Crippen MR) is 127 cm³/mol. The summed E-state index contributed by atoms with van der Waals surface area (Å²) in [5.74, 6) is 0.742.